The lowest BCUT2D eigenvalue weighted by molar-refractivity contribution is 0.835. The minimum atomic E-state index is 0.327. The van der Waals surface area contributed by atoms with Gasteiger partial charge in [0.25, 0.3) is 0 Å². The lowest BCUT2D eigenvalue weighted by atomic mass is 10.3. The number of hydrogen-bond acceptors (Lipinski definition) is 4. The first-order valence-corrected chi connectivity index (χ1v) is 5.77. The van der Waals surface area contributed by atoms with Crippen molar-refractivity contribution in [1.82, 2.24) is 19.7 Å². The second-order valence-corrected chi connectivity index (χ2v) is 4.34. The summed E-state index contributed by atoms with van der Waals surface area (Å²) in [7, 11) is 0. The molecule has 3 rings (SSSR count). The van der Waals surface area contributed by atoms with E-state index in [9.17, 15) is 0 Å². The molecule has 0 fully saturated rings. The summed E-state index contributed by atoms with van der Waals surface area (Å²) in [6.45, 7) is 1.82. The van der Waals surface area contributed by atoms with Gasteiger partial charge in [-0.3, -0.25) is 0 Å². The molecule has 0 unspecified atom stereocenters. The molecule has 90 valence electrons. The number of hydrogen-bond donors (Lipinski definition) is 1. The summed E-state index contributed by atoms with van der Waals surface area (Å²) in [4.78, 5) is 8.76. The summed E-state index contributed by atoms with van der Waals surface area (Å²) in [6, 6.07) is 7.54. The van der Waals surface area contributed by atoms with E-state index in [0.29, 0.717) is 16.7 Å². The van der Waals surface area contributed by atoms with E-state index >= 15 is 0 Å². The average Bonchev–Trinajstić information content (AvgIpc) is 2.68. The van der Waals surface area contributed by atoms with Crippen molar-refractivity contribution in [2.24, 2.45) is 0 Å². The molecule has 0 saturated heterocycles. The number of anilines is 1. The van der Waals surface area contributed by atoms with Crippen LogP contribution in [0.5, 0.6) is 0 Å². The monoisotopic (exact) mass is 259 g/mol. The molecule has 2 heterocycles. The van der Waals surface area contributed by atoms with Crippen LogP contribution in [0.3, 0.4) is 0 Å². The second kappa shape index (κ2) is 3.96. The van der Waals surface area contributed by atoms with Crippen molar-refractivity contribution < 1.29 is 0 Å². The van der Waals surface area contributed by atoms with Gasteiger partial charge in [-0.2, -0.15) is 5.10 Å². The Morgan fingerprint density at radius 2 is 1.83 bits per heavy atom. The molecule has 0 bridgehead atoms. The van der Waals surface area contributed by atoms with Crippen molar-refractivity contribution in [3.8, 4) is 5.82 Å². The lowest BCUT2D eigenvalue weighted by Crippen LogP contribution is -2.06. The van der Waals surface area contributed by atoms with Gasteiger partial charge in [-0.1, -0.05) is 23.7 Å². The van der Waals surface area contributed by atoms with Crippen LogP contribution in [-0.2, 0) is 0 Å². The number of nitrogen functional groups attached to an aromatic ring is 1. The van der Waals surface area contributed by atoms with Gasteiger partial charge in [-0.15, -0.1) is 0 Å². The van der Waals surface area contributed by atoms with E-state index in [1.807, 2.05) is 31.2 Å². The summed E-state index contributed by atoms with van der Waals surface area (Å²) >= 11 is 5.98. The zero-order valence-electron chi connectivity index (χ0n) is 9.63. The van der Waals surface area contributed by atoms with Crippen LogP contribution in [0.1, 0.15) is 5.69 Å². The Bertz CT molecular complexity index is 715. The molecule has 0 aliphatic carbocycles. The number of nitrogens with two attached hydrogens (primary N) is 1. The Labute approximate surface area is 108 Å². The summed E-state index contributed by atoms with van der Waals surface area (Å²) < 4.78 is 1.55. The number of rotatable bonds is 1. The summed E-state index contributed by atoms with van der Waals surface area (Å²) in [5.41, 5.74) is 8.16. The molecular formula is C12H10ClN5. The van der Waals surface area contributed by atoms with Crippen molar-refractivity contribution in [1.29, 1.82) is 0 Å². The minimum absolute atomic E-state index is 0.327. The summed E-state index contributed by atoms with van der Waals surface area (Å²) in [5, 5.41) is 4.82. The second-order valence-electron chi connectivity index (χ2n) is 3.93. The van der Waals surface area contributed by atoms with Crippen molar-refractivity contribution in [2.45, 2.75) is 6.92 Å². The number of fused-ring (bicyclic) bond motifs is 1. The third-order valence-electron chi connectivity index (χ3n) is 2.63. The zero-order valence-corrected chi connectivity index (χ0v) is 10.4. The van der Waals surface area contributed by atoms with Crippen molar-refractivity contribution in [3.05, 3.63) is 41.2 Å². The van der Waals surface area contributed by atoms with Gasteiger partial charge in [0.2, 0.25) is 0 Å². The third-order valence-corrected chi connectivity index (χ3v) is 3.01. The predicted molar refractivity (Wildman–Crippen MR) is 70.8 cm³/mol. The molecule has 0 aliphatic heterocycles. The highest BCUT2D eigenvalue weighted by molar-refractivity contribution is 6.31. The van der Waals surface area contributed by atoms with Gasteiger partial charge in [0.15, 0.2) is 11.6 Å². The fraction of sp³-hybridized carbons (Fsp3) is 0.0833. The van der Waals surface area contributed by atoms with Crippen LogP contribution in [0.25, 0.3) is 16.9 Å². The number of para-hydroxylation sites is 2. The van der Waals surface area contributed by atoms with E-state index in [2.05, 4.69) is 15.1 Å². The van der Waals surface area contributed by atoms with E-state index in [1.54, 1.807) is 10.9 Å². The molecule has 0 spiro atoms. The van der Waals surface area contributed by atoms with Gasteiger partial charge in [-0.25, -0.2) is 14.6 Å². The topological polar surface area (TPSA) is 69.6 Å². The van der Waals surface area contributed by atoms with Crippen molar-refractivity contribution in [3.63, 3.8) is 0 Å². The highest BCUT2D eigenvalue weighted by Crippen LogP contribution is 2.20. The van der Waals surface area contributed by atoms with Crippen LogP contribution >= 0.6 is 11.6 Å². The predicted octanol–water partition coefficient (Wildman–Crippen LogP) is 2.36. The van der Waals surface area contributed by atoms with Gasteiger partial charge in [0.05, 0.1) is 27.9 Å². The van der Waals surface area contributed by atoms with Gasteiger partial charge >= 0.3 is 0 Å². The van der Waals surface area contributed by atoms with E-state index < -0.39 is 0 Å². The molecule has 0 aliphatic rings. The molecule has 0 saturated carbocycles. The zero-order chi connectivity index (χ0) is 12.7. The quantitative estimate of drug-likeness (QED) is 0.728. The van der Waals surface area contributed by atoms with Crippen LogP contribution < -0.4 is 5.73 Å². The lowest BCUT2D eigenvalue weighted by Gasteiger charge is -2.05. The van der Waals surface area contributed by atoms with Gasteiger partial charge in [0, 0.05) is 0 Å². The molecule has 2 aromatic heterocycles. The first-order chi connectivity index (χ1) is 8.65. The number of halogens is 1. The van der Waals surface area contributed by atoms with E-state index in [1.165, 1.54) is 0 Å². The van der Waals surface area contributed by atoms with Crippen LogP contribution in [0.2, 0.25) is 5.02 Å². The van der Waals surface area contributed by atoms with Crippen LogP contribution in [0, 0.1) is 6.92 Å². The number of benzene rings is 1. The Morgan fingerprint density at radius 3 is 2.44 bits per heavy atom. The van der Waals surface area contributed by atoms with Crippen LogP contribution in [0.15, 0.2) is 30.5 Å². The Kier molecular flexibility index (Phi) is 2.41. The van der Waals surface area contributed by atoms with Gasteiger partial charge in [0.1, 0.15) is 0 Å². The molecule has 2 N–H and O–H groups in total. The maximum Gasteiger partial charge on any atom is 0.197 e. The smallest absolute Gasteiger partial charge is 0.197 e. The highest BCUT2D eigenvalue weighted by Gasteiger charge is 2.10. The molecule has 5 nitrogen and oxygen atoms in total. The molecular weight excluding hydrogens is 250 g/mol. The van der Waals surface area contributed by atoms with Gasteiger partial charge in [-0.05, 0) is 19.1 Å². The van der Waals surface area contributed by atoms with Crippen LogP contribution in [-0.4, -0.2) is 19.7 Å². The molecule has 0 radical (unpaired) electrons. The highest BCUT2D eigenvalue weighted by atomic mass is 35.5. The van der Waals surface area contributed by atoms with Gasteiger partial charge < -0.3 is 5.73 Å². The Balaban J connectivity index is 2.25. The molecule has 3 aromatic rings. The van der Waals surface area contributed by atoms with E-state index in [4.69, 9.17) is 17.3 Å². The van der Waals surface area contributed by atoms with E-state index in [0.717, 1.165) is 16.7 Å². The molecule has 1 aromatic carbocycles. The Morgan fingerprint density at radius 1 is 1.17 bits per heavy atom. The fourth-order valence-corrected chi connectivity index (χ4v) is 1.85. The fourth-order valence-electron chi connectivity index (χ4n) is 1.72. The minimum Gasteiger partial charge on any atom is -0.381 e. The number of aromatic nitrogens is 4. The first kappa shape index (κ1) is 11.0. The normalized spacial score (nSPS) is 11.0. The van der Waals surface area contributed by atoms with Crippen molar-refractivity contribution in [2.75, 3.05) is 5.73 Å². The molecule has 18 heavy (non-hydrogen) atoms. The van der Waals surface area contributed by atoms with Crippen molar-refractivity contribution >= 4 is 28.5 Å². The Hall–Kier alpha value is -2.14. The third kappa shape index (κ3) is 1.69. The summed E-state index contributed by atoms with van der Waals surface area (Å²) in [5.74, 6) is 0.816. The standard InChI is InChI=1S/C12H10ClN5/c1-7-8(13)6-18(17-7)12-11(14)15-9-4-2-3-5-10(9)16-12/h2-6H,1H3,(H2,14,15). The maximum absolute atomic E-state index is 5.98. The van der Waals surface area contributed by atoms with Crippen LogP contribution in [0.4, 0.5) is 5.82 Å². The summed E-state index contributed by atoms with van der Waals surface area (Å²) in [6.07, 6.45) is 1.67. The molecule has 0 amide bonds. The SMILES string of the molecule is Cc1nn(-c2nc3ccccc3nc2N)cc1Cl. The largest absolute Gasteiger partial charge is 0.381 e. The number of aryl methyl sites for hydroxylation is 1. The number of nitrogens with zero attached hydrogens (tertiary/aromatic N) is 4. The maximum atomic E-state index is 5.98. The average molecular weight is 260 g/mol. The molecule has 6 heteroatoms. The molecule has 0 atom stereocenters. The first-order valence-electron chi connectivity index (χ1n) is 5.39. The van der Waals surface area contributed by atoms with E-state index in [-0.39, 0.29) is 0 Å².